The second kappa shape index (κ2) is 3.51. The van der Waals surface area contributed by atoms with E-state index < -0.39 is 0 Å². The molecule has 0 rings (SSSR count). The summed E-state index contributed by atoms with van der Waals surface area (Å²) in [6, 6.07) is 0. The third-order valence-corrected chi connectivity index (χ3v) is 0.262. The fourth-order valence-corrected chi connectivity index (χ4v) is 0.0559. The topological polar surface area (TPSA) is 40.9 Å². The van der Waals surface area contributed by atoms with Crippen LogP contribution in [0.25, 0.3) is 0 Å². The molecule has 0 heterocycles. The largest absolute Gasteiger partial charge is 0.281 e. The molecule has 0 aromatic rings. The van der Waals surface area contributed by atoms with E-state index in [9.17, 15) is 0 Å². The van der Waals surface area contributed by atoms with Crippen molar-refractivity contribution in [1.82, 2.24) is 0 Å². The molecule has 0 atom stereocenters. The molecule has 0 spiro atoms. The summed E-state index contributed by atoms with van der Waals surface area (Å²) >= 11 is 0.463. The van der Waals surface area contributed by atoms with E-state index in [0.717, 1.165) is 0 Å². The van der Waals surface area contributed by atoms with Crippen LogP contribution in [0.1, 0.15) is 0 Å². The van der Waals surface area contributed by atoms with Crippen LogP contribution in [0.5, 0.6) is 0 Å². The Labute approximate surface area is 33.8 Å². The number of thiocyanates is 1. The second-order valence-electron chi connectivity index (χ2n) is 0.277. The van der Waals surface area contributed by atoms with Gasteiger partial charge in [-0.2, -0.15) is 5.26 Å². The molecule has 0 saturated heterocycles. The Morgan fingerprint density at radius 1 is 1.80 bits per heavy atom. The van der Waals surface area contributed by atoms with Crippen molar-refractivity contribution in [1.29, 1.82) is 5.26 Å². The van der Waals surface area contributed by atoms with E-state index in [1.54, 1.807) is 0 Å². The summed E-state index contributed by atoms with van der Waals surface area (Å²) in [6.45, 7) is 0. The highest BCUT2D eigenvalue weighted by atomic mass is 32.2. The van der Waals surface area contributed by atoms with Gasteiger partial charge in [0.25, 0.3) is 5.62 Å². The number of nitriles is 1. The first-order valence-corrected chi connectivity index (χ1v) is 1.65. The predicted octanol–water partition coefficient (Wildman–Crippen LogP) is 0.268. The zero-order valence-corrected chi connectivity index (χ0v) is 3.08. The summed E-state index contributed by atoms with van der Waals surface area (Å²) in [6.07, 6.45) is 0. The number of nitrogens with zero attached hydrogens (tertiary/aromatic N) is 1. The monoisotopic (exact) mass is 86.0 g/mol. The third kappa shape index (κ3) is 3.51. The molecule has 0 N–H and O–H groups in total. The minimum Gasteiger partial charge on any atom is -0.276 e. The van der Waals surface area contributed by atoms with Crippen molar-refractivity contribution in [2.75, 3.05) is 0 Å². The summed E-state index contributed by atoms with van der Waals surface area (Å²) in [5.41, 5.74) is 1.32. The zero-order valence-electron chi connectivity index (χ0n) is 2.26. The Morgan fingerprint density at radius 2 is 2.40 bits per heavy atom. The molecule has 0 aliphatic rings. The van der Waals surface area contributed by atoms with Crippen LogP contribution in [0, 0.1) is 10.7 Å². The number of carbonyl (C=O) groups excluding carboxylic acids is 1. The maximum Gasteiger partial charge on any atom is 0.281 e. The molecule has 0 saturated carbocycles. The van der Waals surface area contributed by atoms with Crippen LogP contribution in [0.15, 0.2) is 0 Å². The average Bonchev–Trinajstić information content (AvgIpc) is 1.41. The van der Waals surface area contributed by atoms with Crippen molar-refractivity contribution in [3.8, 4) is 5.40 Å². The summed E-state index contributed by atoms with van der Waals surface area (Å²) in [7, 11) is 0. The van der Waals surface area contributed by atoms with Gasteiger partial charge in [-0.05, 0) is 0 Å². The fraction of sp³-hybridized carbons (Fsp3) is 0. The maximum absolute atomic E-state index is 9.02. The smallest absolute Gasteiger partial charge is 0.276 e. The molecule has 3 heteroatoms. The molecule has 0 aromatic heterocycles. The molecule has 0 aromatic carbocycles. The summed E-state index contributed by atoms with van der Waals surface area (Å²) in [4.78, 5) is 9.02. The van der Waals surface area contributed by atoms with E-state index >= 15 is 0 Å². The van der Waals surface area contributed by atoms with Crippen molar-refractivity contribution in [3.63, 3.8) is 0 Å². The van der Waals surface area contributed by atoms with E-state index in [4.69, 9.17) is 10.1 Å². The van der Waals surface area contributed by atoms with Crippen LogP contribution in [-0.4, -0.2) is 5.62 Å². The molecule has 0 aliphatic carbocycles. The first kappa shape index (κ1) is 4.51. The molecule has 1 radical (unpaired) electrons. The lowest BCUT2D eigenvalue weighted by molar-refractivity contribution is 0.570. The lowest BCUT2D eigenvalue weighted by Crippen LogP contribution is -1.44. The average molecular weight is 86.1 g/mol. The molecule has 0 aliphatic heterocycles. The Hall–Kier alpha value is -0.490. The molecule has 0 amide bonds. The molecule has 0 fully saturated rings. The van der Waals surface area contributed by atoms with E-state index in [0.29, 0.717) is 11.8 Å². The fourth-order valence-electron chi connectivity index (χ4n) is 0.0186. The van der Waals surface area contributed by atoms with E-state index in [1.165, 1.54) is 11.0 Å². The molecule has 0 bridgehead atoms. The predicted molar refractivity (Wildman–Crippen MR) is 18.9 cm³/mol. The van der Waals surface area contributed by atoms with Crippen LogP contribution in [0.3, 0.4) is 0 Å². The van der Waals surface area contributed by atoms with E-state index in [2.05, 4.69) is 0 Å². The van der Waals surface area contributed by atoms with Gasteiger partial charge in [0.2, 0.25) is 0 Å². The van der Waals surface area contributed by atoms with E-state index in [-0.39, 0.29) is 0 Å². The van der Waals surface area contributed by atoms with Crippen LogP contribution in [0.2, 0.25) is 0 Å². The lowest BCUT2D eigenvalue weighted by Gasteiger charge is -1.46. The highest BCUT2D eigenvalue weighted by Gasteiger charge is 1.67. The minimum atomic E-state index is 0.463. The first-order valence-electron chi connectivity index (χ1n) is 0.836. The molecular weight excluding hydrogens is 86.1 g/mol. The molecule has 0 unspecified atom stereocenters. The minimum absolute atomic E-state index is 0.463. The maximum atomic E-state index is 9.02. The van der Waals surface area contributed by atoms with Crippen LogP contribution >= 0.6 is 11.8 Å². The van der Waals surface area contributed by atoms with Gasteiger partial charge in [-0.3, -0.25) is 4.79 Å². The molecule has 5 heavy (non-hydrogen) atoms. The number of hydrogen-bond donors (Lipinski definition) is 0. The standard InChI is InChI=1S/C2NOS/c3-1-5-2-4. The highest BCUT2D eigenvalue weighted by molar-refractivity contribution is 8.15. The normalized spacial score (nSPS) is 5.40. The van der Waals surface area contributed by atoms with E-state index in [1.807, 2.05) is 0 Å². The zero-order chi connectivity index (χ0) is 4.12. The summed E-state index contributed by atoms with van der Waals surface area (Å²) < 4.78 is 0. The first-order chi connectivity index (χ1) is 2.41. The quantitative estimate of drug-likeness (QED) is 0.430. The van der Waals surface area contributed by atoms with Crippen molar-refractivity contribution < 1.29 is 4.79 Å². The summed E-state index contributed by atoms with van der Waals surface area (Å²) in [5, 5.41) is 9.03. The molecule has 25 valence electrons. The second-order valence-corrected chi connectivity index (χ2v) is 0.830. The Bertz CT molecular complexity index is 64.5. The van der Waals surface area contributed by atoms with Gasteiger partial charge in [0.1, 0.15) is 5.40 Å². The molecule has 2 nitrogen and oxygen atoms in total. The summed E-state index contributed by atoms with van der Waals surface area (Å²) in [5.74, 6) is 0. The number of hydrogen-bond acceptors (Lipinski definition) is 3. The SMILES string of the molecule is N#CS[C]=O. The highest BCUT2D eigenvalue weighted by Crippen LogP contribution is 1.81. The third-order valence-electron chi connectivity index (χ3n) is 0.0873. The Kier molecular flexibility index (Phi) is 3.17. The van der Waals surface area contributed by atoms with Crippen molar-refractivity contribution in [3.05, 3.63) is 0 Å². The lowest BCUT2D eigenvalue weighted by atomic mass is 11.8. The number of thioether (sulfide) groups is 1. The van der Waals surface area contributed by atoms with Gasteiger partial charge in [0.05, 0.1) is 0 Å². The van der Waals surface area contributed by atoms with Gasteiger partial charge < -0.3 is 0 Å². The van der Waals surface area contributed by atoms with Gasteiger partial charge in [-0.15, -0.1) is 0 Å². The van der Waals surface area contributed by atoms with Gasteiger partial charge in [0, 0.05) is 11.8 Å². The Morgan fingerprint density at radius 3 is 2.40 bits per heavy atom. The van der Waals surface area contributed by atoms with Crippen molar-refractivity contribution in [2.45, 2.75) is 0 Å². The van der Waals surface area contributed by atoms with Crippen LogP contribution < -0.4 is 0 Å². The van der Waals surface area contributed by atoms with Crippen molar-refractivity contribution in [2.24, 2.45) is 0 Å². The van der Waals surface area contributed by atoms with Gasteiger partial charge in [-0.1, -0.05) is 0 Å². The van der Waals surface area contributed by atoms with Crippen LogP contribution in [0.4, 0.5) is 0 Å². The molecular formula is C2NOS. The van der Waals surface area contributed by atoms with Crippen LogP contribution in [-0.2, 0) is 4.79 Å². The Balaban J connectivity index is 2.75. The van der Waals surface area contributed by atoms with Gasteiger partial charge in [-0.25, -0.2) is 0 Å². The van der Waals surface area contributed by atoms with Gasteiger partial charge >= 0.3 is 0 Å². The van der Waals surface area contributed by atoms with Crippen molar-refractivity contribution >= 4 is 17.4 Å². The van der Waals surface area contributed by atoms with Gasteiger partial charge in [0.15, 0.2) is 0 Å². The number of rotatable bonds is 1.